The third-order valence-corrected chi connectivity index (χ3v) is 6.95. The van der Waals surface area contributed by atoms with Gasteiger partial charge in [0.15, 0.2) is 21.2 Å². The van der Waals surface area contributed by atoms with Gasteiger partial charge in [-0.1, -0.05) is 30.3 Å². The number of halogens is 1. The topological polar surface area (TPSA) is 101 Å². The number of pyridine rings is 1. The monoisotopic (exact) mass is 439 g/mol. The molecule has 0 aliphatic heterocycles. The minimum Gasteiger partial charge on any atom is -0.504 e. The lowest BCUT2D eigenvalue weighted by molar-refractivity contribution is 0.0949. The summed E-state index contributed by atoms with van der Waals surface area (Å²) in [4.78, 5) is 16.7. The first-order valence-electron chi connectivity index (χ1n) is 9.35. The number of sulfone groups is 1. The molecular weight excluding hydrogens is 421 g/mol. The minimum atomic E-state index is -3.93. The smallest absolute Gasteiger partial charge is 0.271 e. The Morgan fingerprint density at radius 1 is 1.06 bits per heavy atom. The second kappa shape index (κ2) is 8.19. The molecule has 158 valence electrons. The first-order valence-corrected chi connectivity index (χ1v) is 10.9. The van der Waals surface area contributed by atoms with Gasteiger partial charge in [0.1, 0.15) is 16.8 Å². The molecule has 4 aromatic rings. The summed E-state index contributed by atoms with van der Waals surface area (Å²) in [7, 11) is -3.93. The van der Waals surface area contributed by atoms with Crippen LogP contribution in [-0.4, -0.2) is 35.4 Å². The molecule has 2 aromatic heterocycles. The summed E-state index contributed by atoms with van der Waals surface area (Å²) in [5, 5.41) is 11.4. The molecule has 1 amide bonds. The highest BCUT2D eigenvalue weighted by Crippen LogP contribution is 2.28. The summed E-state index contributed by atoms with van der Waals surface area (Å²) in [5.41, 5.74) is 0.735. The number of amides is 1. The Balaban J connectivity index is 1.62. The first kappa shape index (κ1) is 20.5. The lowest BCUT2D eigenvalue weighted by Gasteiger charge is -2.19. The summed E-state index contributed by atoms with van der Waals surface area (Å²) in [6.07, 6.45) is 3.07. The van der Waals surface area contributed by atoms with E-state index in [1.54, 1.807) is 42.6 Å². The van der Waals surface area contributed by atoms with Crippen molar-refractivity contribution in [2.45, 2.75) is 10.1 Å². The molecule has 7 nitrogen and oxygen atoms in total. The molecule has 0 aliphatic carbocycles. The summed E-state index contributed by atoms with van der Waals surface area (Å²) in [6, 6.07) is 16.1. The maximum absolute atomic E-state index is 13.3. The molecule has 4 rings (SSSR count). The second-order valence-corrected chi connectivity index (χ2v) is 8.99. The van der Waals surface area contributed by atoms with Crippen LogP contribution in [0.2, 0.25) is 0 Å². The number of nitrogens with zero attached hydrogens (tertiary/aromatic N) is 2. The lowest BCUT2D eigenvalue weighted by Crippen LogP contribution is -2.32. The van der Waals surface area contributed by atoms with E-state index >= 15 is 0 Å². The molecule has 0 radical (unpaired) electrons. The molecule has 31 heavy (non-hydrogen) atoms. The maximum Gasteiger partial charge on any atom is 0.271 e. The Kier molecular flexibility index (Phi) is 5.43. The number of nitrogens with one attached hydrogen (secondary N) is 1. The van der Waals surface area contributed by atoms with E-state index in [4.69, 9.17) is 0 Å². The van der Waals surface area contributed by atoms with Crippen LogP contribution in [0.5, 0.6) is 5.75 Å². The quantitative estimate of drug-likeness (QED) is 0.450. The van der Waals surface area contributed by atoms with Crippen LogP contribution in [0.4, 0.5) is 4.39 Å². The van der Waals surface area contributed by atoms with E-state index in [1.165, 1.54) is 28.8 Å². The highest BCUT2D eigenvalue weighted by molar-refractivity contribution is 7.91. The first-order chi connectivity index (χ1) is 14.9. The number of hydrogen-bond donors (Lipinski definition) is 2. The molecule has 2 heterocycles. The van der Waals surface area contributed by atoms with Crippen LogP contribution in [0, 0.1) is 5.82 Å². The Morgan fingerprint density at radius 2 is 1.77 bits per heavy atom. The van der Waals surface area contributed by atoms with E-state index in [-0.39, 0.29) is 28.5 Å². The third-order valence-electron chi connectivity index (χ3n) is 4.83. The average Bonchev–Trinajstić information content (AvgIpc) is 3.21. The number of hydrogen-bond acceptors (Lipinski definition) is 5. The van der Waals surface area contributed by atoms with Crippen molar-refractivity contribution in [3.8, 4) is 5.75 Å². The molecule has 0 aliphatic rings. The summed E-state index contributed by atoms with van der Waals surface area (Å²) >= 11 is 0. The largest absolute Gasteiger partial charge is 0.504 e. The fourth-order valence-corrected chi connectivity index (χ4v) is 4.91. The van der Waals surface area contributed by atoms with E-state index < -0.39 is 26.8 Å². The van der Waals surface area contributed by atoms with Gasteiger partial charge in [-0.15, -0.1) is 0 Å². The van der Waals surface area contributed by atoms with Crippen molar-refractivity contribution >= 4 is 21.4 Å². The number of aromatic nitrogens is 2. The Labute approximate surface area is 177 Å². The normalized spacial score (nSPS) is 12.5. The Morgan fingerprint density at radius 3 is 2.45 bits per heavy atom. The highest BCUT2D eigenvalue weighted by atomic mass is 32.2. The zero-order valence-corrected chi connectivity index (χ0v) is 17.0. The van der Waals surface area contributed by atoms with Gasteiger partial charge in [0.2, 0.25) is 0 Å². The summed E-state index contributed by atoms with van der Waals surface area (Å²) in [6.45, 7) is -0.220. The number of aromatic hydroxyl groups is 1. The molecule has 0 fully saturated rings. The van der Waals surface area contributed by atoms with Crippen LogP contribution >= 0.6 is 0 Å². The molecule has 2 aromatic carbocycles. The number of carbonyl (C=O) groups excluding carboxylic acids is 1. The van der Waals surface area contributed by atoms with Crippen LogP contribution < -0.4 is 5.32 Å². The highest BCUT2D eigenvalue weighted by Gasteiger charge is 2.30. The van der Waals surface area contributed by atoms with E-state index in [2.05, 4.69) is 10.3 Å². The van der Waals surface area contributed by atoms with Crippen molar-refractivity contribution in [3.63, 3.8) is 0 Å². The van der Waals surface area contributed by atoms with Gasteiger partial charge in [-0.2, -0.15) is 0 Å². The van der Waals surface area contributed by atoms with Gasteiger partial charge in [0.25, 0.3) is 5.91 Å². The molecule has 1 atom stereocenters. The van der Waals surface area contributed by atoms with Crippen molar-refractivity contribution < 1.29 is 22.7 Å². The van der Waals surface area contributed by atoms with Crippen molar-refractivity contribution in [1.29, 1.82) is 0 Å². The standard InChI is InChI=1S/C22H18FN3O4S/c23-16-8-10-17(11-9-16)31(29,30)20(15-5-2-1-3-6-15)13-24-22(28)18-14-26-12-4-7-19(27)21(26)25-18/h1-12,14,20,27H,13H2,(H,24,28). The van der Waals surface area contributed by atoms with E-state index in [0.717, 1.165) is 12.1 Å². The molecule has 0 spiro atoms. The molecule has 9 heteroatoms. The van der Waals surface area contributed by atoms with Crippen LogP contribution in [0.3, 0.4) is 0 Å². The van der Waals surface area contributed by atoms with Crippen molar-refractivity contribution in [2.24, 2.45) is 0 Å². The average molecular weight is 439 g/mol. The predicted molar refractivity (Wildman–Crippen MR) is 112 cm³/mol. The van der Waals surface area contributed by atoms with Gasteiger partial charge in [0, 0.05) is 18.9 Å². The maximum atomic E-state index is 13.3. The van der Waals surface area contributed by atoms with Gasteiger partial charge in [-0.05, 0) is 42.0 Å². The van der Waals surface area contributed by atoms with E-state index in [0.29, 0.717) is 5.56 Å². The van der Waals surface area contributed by atoms with E-state index in [9.17, 15) is 22.7 Å². The molecule has 0 saturated heterocycles. The molecule has 2 N–H and O–H groups in total. The van der Waals surface area contributed by atoms with Gasteiger partial charge in [0.05, 0.1) is 4.90 Å². The van der Waals surface area contributed by atoms with Gasteiger partial charge in [-0.25, -0.2) is 17.8 Å². The molecule has 0 saturated carbocycles. The van der Waals surface area contributed by atoms with Crippen LogP contribution in [0.25, 0.3) is 5.65 Å². The van der Waals surface area contributed by atoms with Crippen LogP contribution in [-0.2, 0) is 9.84 Å². The number of benzene rings is 2. The summed E-state index contributed by atoms with van der Waals surface area (Å²) < 4.78 is 41.3. The minimum absolute atomic E-state index is 0.0347. The van der Waals surface area contributed by atoms with Gasteiger partial charge < -0.3 is 14.8 Å². The predicted octanol–water partition coefficient (Wildman–Crippen LogP) is 3.12. The lowest BCUT2D eigenvalue weighted by atomic mass is 10.1. The van der Waals surface area contributed by atoms with Crippen LogP contribution in [0.1, 0.15) is 21.3 Å². The summed E-state index contributed by atoms with van der Waals surface area (Å²) in [5.74, 6) is -1.21. The fourth-order valence-electron chi connectivity index (χ4n) is 3.25. The number of rotatable bonds is 6. The Hall–Kier alpha value is -3.72. The van der Waals surface area contributed by atoms with Crippen LogP contribution in [0.15, 0.2) is 84.0 Å². The van der Waals surface area contributed by atoms with E-state index in [1.807, 2.05) is 0 Å². The zero-order chi connectivity index (χ0) is 22.0. The third kappa shape index (κ3) is 4.13. The fraction of sp³-hybridized carbons (Fsp3) is 0.0909. The van der Waals surface area contributed by atoms with Crippen molar-refractivity contribution in [1.82, 2.24) is 14.7 Å². The Bertz CT molecular complexity index is 1340. The molecule has 0 bridgehead atoms. The number of imidazole rings is 1. The molecule has 1 unspecified atom stereocenters. The SMILES string of the molecule is O=C(NCC(c1ccccc1)S(=O)(=O)c1ccc(F)cc1)c1cn2cccc(O)c2n1. The number of carbonyl (C=O) groups is 1. The second-order valence-electron chi connectivity index (χ2n) is 6.86. The van der Waals surface area contributed by atoms with Gasteiger partial charge >= 0.3 is 0 Å². The zero-order valence-electron chi connectivity index (χ0n) is 16.1. The van der Waals surface area contributed by atoms with Gasteiger partial charge in [-0.3, -0.25) is 4.79 Å². The van der Waals surface area contributed by atoms with Crippen molar-refractivity contribution in [2.75, 3.05) is 6.54 Å². The van der Waals surface area contributed by atoms with Crippen molar-refractivity contribution in [3.05, 3.63) is 96.2 Å². The molecular formula is C22H18FN3O4S. The number of fused-ring (bicyclic) bond motifs is 1.